The highest BCUT2D eigenvalue weighted by molar-refractivity contribution is 5.98. The molecule has 0 spiro atoms. The largest absolute Gasteiger partial charge is 0.493 e. The molecular weight excluding hydrogens is 462 g/mol. The molecule has 4 rings (SSSR count). The summed E-state index contributed by atoms with van der Waals surface area (Å²) in [6.45, 7) is 8.30. The Kier molecular flexibility index (Phi) is 9.15. The van der Waals surface area contributed by atoms with Gasteiger partial charge in [-0.05, 0) is 63.9 Å². The summed E-state index contributed by atoms with van der Waals surface area (Å²) in [6, 6.07) is 12.7. The minimum atomic E-state index is -1.01. The van der Waals surface area contributed by atoms with Crippen LogP contribution in [0.1, 0.15) is 43.7 Å². The number of hydrogen-bond acceptors (Lipinski definition) is 5. The van der Waals surface area contributed by atoms with Crippen LogP contribution in [0, 0.1) is 17.6 Å². The van der Waals surface area contributed by atoms with E-state index in [1.165, 1.54) is 30.5 Å². The van der Waals surface area contributed by atoms with Crippen molar-refractivity contribution in [3.8, 4) is 5.75 Å². The molecule has 2 aliphatic heterocycles. The Hall–Kier alpha value is -2.71. The summed E-state index contributed by atoms with van der Waals surface area (Å²) < 4.78 is 34.3. The highest BCUT2D eigenvalue weighted by Gasteiger charge is 2.27. The first-order valence-electron chi connectivity index (χ1n) is 13.0. The van der Waals surface area contributed by atoms with Crippen molar-refractivity contribution in [2.45, 2.75) is 45.2 Å². The van der Waals surface area contributed by atoms with Crippen LogP contribution in [0.15, 0.2) is 47.6 Å². The minimum Gasteiger partial charge on any atom is -0.493 e. The van der Waals surface area contributed by atoms with E-state index in [1.807, 2.05) is 6.07 Å². The molecule has 0 amide bonds. The SMILES string of the molecule is CC1CCC(COc2ccccc2CN2CCCC2)CN1CCN(C)/C(=N\O)c1cccc(F)c1F. The minimum absolute atomic E-state index is 0.0196. The Morgan fingerprint density at radius 3 is 2.67 bits per heavy atom. The normalized spacial score (nSPS) is 21.6. The lowest BCUT2D eigenvalue weighted by Crippen LogP contribution is -2.47. The molecule has 2 atom stereocenters. The summed E-state index contributed by atoms with van der Waals surface area (Å²) in [5, 5.41) is 12.8. The summed E-state index contributed by atoms with van der Waals surface area (Å²) in [7, 11) is 1.73. The molecule has 2 saturated heterocycles. The number of likely N-dealkylation sites (N-methyl/N-ethyl adjacent to an activating group) is 1. The molecule has 2 aliphatic rings. The van der Waals surface area contributed by atoms with Gasteiger partial charge in [0.1, 0.15) is 5.75 Å². The quantitative estimate of drug-likeness (QED) is 0.232. The Balaban J connectivity index is 1.31. The number of rotatable bonds is 9. The van der Waals surface area contributed by atoms with Crippen LogP contribution in [-0.2, 0) is 6.54 Å². The molecule has 36 heavy (non-hydrogen) atoms. The summed E-state index contributed by atoms with van der Waals surface area (Å²) in [6.07, 6.45) is 4.74. The first-order chi connectivity index (χ1) is 17.5. The number of likely N-dealkylation sites (tertiary alicyclic amines) is 2. The smallest absolute Gasteiger partial charge is 0.178 e. The van der Waals surface area contributed by atoms with E-state index in [9.17, 15) is 14.0 Å². The van der Waals surface area contributed by atoms with E-state index < -0.39 is 11.6 Å². The first-order valence-corrected chi connectivity index (χ1v) is 13.0. The maximum Gasteiger partial charge on any atom is 0.178 e. The summed E-state index contributed by atoms with van der Waals surface area (Å²) in [5.41, 5.74) is 1.20. The molecule has 8 heteroatoms. The van der Waals surface area contributed by atoms with Crippen molar-refractivity contribution in [1.82, 2.24) is 14.7 Å². The molecule has 2 heterocycles. The maximum absolute atomic E-state index is 14.3. The molecule has 2 aromatic rings. The number of benzene rings is 2. The average molecular weight is 501 g/mol. The maximum atomic E-state index is 14.3. The lowest BCUT2D eigenvalue weighted by molar-refractivity contribution is 0.0855. The van der Waals surface area contributed by atoms with Gasteiger partial charge in [-0.3, -0.25) is 9.80 Å². The van der Waals surface area contributed by atoms with Gasteiger partial charge in [-0.15, -0.1) is 0 Å². The Morgan fingerprint density at radius 1 is 1.11 bits per heavy atom. The van der Waals surface area contributed by atoms with Gasteiger partial charge in [0.05, 0.1) is 12.2 Å². The molecule has 0 radical (unpaired) electrons. The number of ether oxygens (including phenoxy) is 1. The fraction of sp³-hybridized carbons (Fsp3) is 0.536. The average Bonchev–Trinajstić information content (AvgIpc) is 3.39. The van der Waals surface area contributed by atoms with Crippen molar-refractivity contribution >= 4 is 5.84 Å². The number of halogens is 2. The number of para-hydroxylation sites is 1. The van der Waals surface area contributed by atoms with Gasteiger partial charge in [0.2, 0.25) is 0 Å². The van der Waals surface area contributed by atoms with Crippen LogP contribution in [0.3, 0.4) is 0 Å². The highest BCUT2D eigenvalue weighted by atomic mass is 19.2. The fourth-order valence-electron chi connectivity index (χ4n) is 5.27. The van der Waals surface area contributed by atoms with Gasteiger partial charge in [-0.1, -0.05) is 29.4 Å². The molecule has 1 N–H and O–H groups in total. The van der Waals surface area contributed by atoms with Gasteiger partial charge in [-0.25, -0.2) is 8.78 Å². The van der Waals surface area contributed by atoms with E-state index in [0.717, 1.165) is 57.4 Å². The molecule has 2 fully saturated rings. The number of piperidine rings is 1. The van der Waals surface area contributed by atoms with E-state index in [1.54, 1.807) is 11.9 Å². The number of oxime groups is 1. The van der Waals surface area contributed by atoms with Gasteiger partial charge in [0, 0.05) is 50.7 Å². The zero-order valence-electron chi connectivity index (χ0n) is 21.4. The van der Waals surface area contributed by atoms with E-state index in [2.05, 4.69) is 40.1 Å². The predicted molar refractivity (Wildman–Crippen MR) is 138 cm³/mol. The van der Waals surface area contributed by atoms with E-state index in [4.69, 9.17) is 4.74 Å². The van der Waals surface area contributed by atoms with Crippen molar-refractivity contribution in [2.75, 3.05) is 46.4 Å². The van der Waals surface area contributed by atoms with Crippen LogP contribution in [0.4, 0.5) is 8.78 Å². The van der Waals surface area contributed by atoms with Gasteiger partial charge >= 0.3 is 0 Å². The molecule has 2 aromatic carbocycles. The molecule has 2 unspecified atom stereocenters. The van der Waals surface area contributed by atoms with Crippen molar-refractivity contribution in [3.63, 3.8) is 0 Å². The third kappa shape index (κ3) is 6.53. The molecule has 0 aliphatic carbocycles. The van der Waals surface area contributed by atoms with Gasteiger partial charge in [0.25, 0.3) is 0 Å². The van der Waals surface area contributed by atoms with Crippen LogP contribution >= 0.6 is 0 Å². The Bertz CT molecular complexity index is 1030. The predicted octanol–water partition coefficient (Wildman–Crippen LogP) is 4.81. The van der Waals surface area contributed by atoms with Gasteiger partial charge in [-0.2, -0.15) is 0 Å². The van der Waals surface area contributed by atoms with Crippen LogP contribution in [0.5, 0.6) is 5.75 Å². The molecule has 196 valence electrons. The topological polar surface area (TPSA) is 51.5 Å². The van der Waals surface area contributed by atoms with Crippen LogP contribution in [0.2, 0.25) is 0 Å². The highest BCUT2D eigenvalue weighted by Crippen LogP contribution is 2.26. The number of amidine groups is 1. The standard InChI is InChI=1S/C28H38F2N4O2/c1-21-12-13-22(20-36-26-11-4-3-8-23(26)19-33-14-5-6-15-33)18-34(21)17-16-32(2)28(31-35)24-9-7-10-25(29)27(24)30/h3-4,7-11,21-22,35H,5-6,12-20H2,1-2H3/b31-28-. The van der Waals surface area contributed by atoms with Crippen LogP contribution in [-0.4, -0.2) is 78.2 Å². The van der Waals surface area contributed by atoms with Crippen molar-refractivity contribution in [3.05, 3.63) is 65.2 Å². The van der Waals surface area contributed by atoms with E-state index in [-0.39, 0.29) is 11.4 Å². The van der Waals surface area contributed by atoms with Crippen molar-refractivity contribution in [2.24, 2.45) is 11.1 Å². The Labute approximate surface area is 213 Å². The number of hydrogen-bond donors (Lipinski definition) is 1. The zero-order valence-corrected chi connectivity index (χ0v) is 21.4. The lowest BCUT2D eigenvalue weighted by atomic mass is 9.94. The molecule has 0 bridgehead atoms. The first kappa shape index (κ1) is 26.4. The lowest BCUT2D eigenvalue weighted by Gasteiger charge is -2.39. The van der Waals surface area contributed by atoms with E-state index in [0.29, 0.717) is 25.1 Å². The number of nitrogens with zero attached hydrogens (tertiary/aromatic N) is 4. The third-order valence-corrected chi connectivity index (χ3v) is 7.52. The van der Waals surface area contributed by atoms with Crippen LogP contribution < -0.4 is 4.74 Å². The molecular formula is C28H38F2N4O2. The summed E-state index contributed by atoms with van der Waals surface area (Å²) >= 11 is 0. The van der Waals surface area contributed by atoms with Crippen molar-refractivity contribution < 1.29 is 18.7 Å². The second kappa shape index (κ2) is 12.5. The second-order valence-electron chi connectivity index (χ2n) is 10.1. The summed E-state index contributed by atoms with van der Waals surface area (Å²) in [5.74, 6) is -0.554. The second-order valence-corrected chi connectivity index (χ2v) is 10.1. The Morgan fingerprint density at radius 2 is 1.89 bits per heavy atom. The molecule has 6 nitrogen and oxygen atoms in total. The summed E-state index contributed by atoms with van der Waals surface area (Å²) in [4.78, 5) is 6.56. The monoisotopic (exact) mass is 500 g/mol. The fourth-order valence-corrected chi connectivity index (χ4v) is 5.27. The van der Waals surface area contributed by atoms with Gasteiger partial charge in [0.15, 0.2) is 17.5 Å². The third-order valence-electron chi connectivity index (χ3n) is 7.52. The van der Waals surface area contributed by atoms with E-state index >= 15 is 0 Å². The molecule has 0 aromatic heterocycles. The molecule has 0 saturated carbocycles. The van der Waals surface area contributed by atoms with Crippen LogP contribution in [0.25, 0.3) is 0 Å². The van der Waals surface area contributed by atoms with Crippen molar-refractivity contribution in [1.29, 1.82) is 0 Å². The van der Waals surface area contributed by atoms with Gasteiger partial charge < -0.3 is 14.8 Å². The zero-order chi connectivity index (χ0) is 25.5.